The van der Waals surface area contributed by atoms with Gasteiger partial charge in [-0.25, -0.2) is 9.96 Å². The van der Waals surface area contributed by atoms with Gasteiger partial charge in [-0.2, -0.15) is 0 Å². The average molecular weight is 352 g/mol. The van der Waals surface area contributed by atoms with E-state index in [4.69, 9.17) is 9.57 Å². The second-order valence-electron chi connectivity index (χ2n) is 6.40. The van der Waals surface area contributed by atoms with Crippen LogP contribution in [0.15, 0.2) is 54.6 Å². The Morgan fingerprint density at radius 1 is 0.962 bits per heavy atom. The van der Waals surface area contributed by atoms with Crippen molar-refractivity contribution in [3.63, 3.8) is 0 Å². The molecule has 134 valence electrons. The molecule has 2 saturated heterocycles. The first-order chi connectivity index (χ1) is 12.7. The van der Waals surface area contributed by atoms with Gasteiger partial charge in [0.05, 0.1) is 30.4 Å². The SMILES string of the molecule is CC[C@@H]1[C@H]2C(=O)N(c3ccc(OC)cc3)C(=O)[C@@H]2ON1c1ccccc1. The Labute approximate surface area is 151 Å². The van der Waals surface area contributed by atoms with Crippen LogP contribution < -0.4 is 14.7 Å². The van der Waals surface area contributed by atoms with E-state index in [0.717, 1.165) is 5.69 Å². The summed E-state index contributed by atoms with van der Waals surface area (Å²) in [6, 6.07) is 16.3. The monoisotopic (exact) mass is 352 g/mol. The zero-order valence-electron chi connectivity index (χ0n) is 14.7. The van der Waals surface area contributed by atoms with Crippen molar-refractivity contribution in [2.45, 2.75) is 25.5 Å². The molecule has 2 aromatic carbocycles. The van der Waals surface area contributed by atoms with Gasteiger partial charge in [-0.1, -0.05) is 25.1 Å². The number of hydrogen-bond donors (Lipinski definition) is 0. The summed E-state index contributed by atoms with van der Waals surface area (Å²) in [4.78, 5) is 33.2. The molecule has 3 atom stereocenters. The second kappa shape index (κ2) is 6.46. The van der Waals surface area contributed by atoms with E-state index < -0.39 is 12.0 Å². The van der Waals surface area contributed by atoms with Crippen molar-refractivity contribution in [3.05, 3.63) is 54.6 Å². The van der Waals surface area contributed by atoms with Crippen molar-refractivity contribution in [2.24, 2.45) is 5.92 Å². The third kappa shape index (κ3) is 2.45. The largest absolute Gasteiger partial charge is 0.497 e. The topological polar surface area (TPSA) is 59.1 Å². The number of carbonyl (C=O) groups excluding carboxylic acids is 2. The summed E-state index contributed by atoms with van der Waals surface area (Å²) < 4.78 is 5.14. The molecule has 2 aromatic rings. The molecule has 2 aliphatic rings. The van der Waals surface area contributed by atoms with Crippen molar-refractivity contribution in [2.75, 3.05) is 17.1 Å². The van der Waals surface area contributed by atoms with Crippen LogP contribution in [0, 0.1) is 5.92 Å². The summed E-state index contributed by atoms with van der Waals surface area (Å²) in [5, 5.41) is 1.72. The minimum absolute atomic E-state index is 0.179. The summed E-state index contributed by atoms with van der Waals surface area (Å²) in [6.07, 6.45) is -0.0827. The van der Waals surface area contributed by atoms with E-state index in [2.05, 4.69) is 0 Å². The van der Waals surface area contributed by atoms with Crippen LogP contribution in [0.3, 0.4) is 0 Å². The Bertz CT molecular complexity index is 821. The Morgan fingerprint density at radius 3 is 2.27 bits per heavy atom. The average Bonchev–Trinajstić information content (AvgIpc) is 3.19. The van der Waals surface area contributed by atoms with Crippen molar-refractivity contribution < 1.29 is 19.2 Å². The molecule has 2 heterocycles. The molecule has 0 spiro atoms. The van der Waals surface area contributed by atoms with Gasteiger partial charge in [0, 0.05) is 0 Å². The van der Waals surface area contributed by atoms with Gasteiger partial charge >= 0.3 is 0 Å². The van der Waals surface area contributed by atoms with E-state index in [-0.39, 0.29) is 17.9 Å². The molecule has 0 N–H and O–H groups in total. The Balaban J connectivity index is 1.64. The predicted molar refractivity (Wildman–Crippen MR) is 96.9 cm³/mol. The van der Waals surface area contributed by atoms with Gasteiger partial charge in [-0.3, -0.25) is 14.4 Å². The molecule has 26 heavy (non-hydrogen) atoms. The Hall–Kier alpha value is -2.86. The van der Waals surface area contributed by atoms with Gasteiger partial charge in [0.15, 0.2) is 6.10 Å². The normalized spacial score (nSPS) is 24.9. The molecule has 2 aliphatic heterocycles. The molecule has 4 rings (SSSR count). The summed E-state index contributed by atoms with van der Waals surface area (Å²) in [5.41, 5.74) is 1.39. The molecule has 6 heteroatoms. The molecule has 0 bridgehead atoms. The lowest BCUT2D eigenvalue weighted by molar-refractivity contribution is -0.126. The van der Waals surface area contributed by atoms with E-state index >= 15 is 0 Å². The predicted octanol–water partition coefficient (Wildman–Crippen LogP) is 2.78. The van der Waals surface area contributed by atoms with Crippen LogP contribution in [0.2, 0.25) is 0 Å². The fourth-order valence-corrected chi connectivity index (χ4v) is 3.72. The van der Waals surface area contributed by atoms with Gasteiger partial charge in [0.25, 0.3) is 5.91 Å². The minimum Gasteiger partial charge on any atom is -0.497 e. The standard InChI is InChI=1S/C20H20N2O4/c1-3-16-17-18(26-22(16)14-7-5-4-6-8-14)20(24)21(19(17)23)13-9-11-15(25-2)12-10-13/h4-12,16-18H,3H2,1-2H3/t16-,17-,18-/m1/s1. The molecule has 0 radical (unpaired) electrons. The third-order valence-corrected chi connectivity index (χ3v) is 5.00. The van der Waals surface area contributed by atoms with Gasteiger partial charge in [0.2, 0.25) is 5.91 Å². The number of hydroxylamine groups is 1. The van der Waals surface area contributed by atoms with Crippen molar-refractivity contribution in [3.8, 4) is 5.75 Å². The van der Waals surface area contributed by atoms with Crippen LogP contribution in [0.5, 0.6) is 5.75 Å². The maximum absolute atomic E-state index is 13.1. The fourth-order valence-electron chi connectivity index (χ4n) is 3.72. The number of para-hydroxylation sites is 1. The zero-order chi connectivity index (χ0) is 18.3. The molecule has 6 nitrogen and oxygen atoms in total. The summed E-state index contributed by atoms with van der Waals surface area (Å²) >= 11 is 0. The highest BCUT2D eigenvalue weighted by molar-refractivity contribution is 6.23. The van der Waals surface area contributed by atoms with Gasteiger partial charge in [0.1, 0.15) is 5.75 Å². The molecular formula is C20H20N2O4. The molecule has 2 amide bonds. The molecular weight excluding hydrogens is 332 g/mol. The number of fused-ring (bicyclic) bond motifs is 1. The molecule has 0 aliphatic carbocycles. The lowest BCUT2D eigenvalue weighted by Crippen LogP contribution is -2.40. The number of amides is 2. The number of imide groups is 1. The maximum Gasteiger partial charge on any atom is 0.266 e. The highest BCUT2D eigenvalue weighted by Crippen LogP contribution is 2.41. The number of nitrogens with zero attached hydrogens (tertiary/aromatic N) is 2. The number of hydrogen-bond acceptors (Lipinski definition) is 5. The fraction of sp³-hybridized carbons (Fsp3) is 0.300. The quantitative estimate of drug-likeness (QED) is 0.792. The van der Waals surface area contributed by atoms with Gasteiger partial charge in [-0.05, 0) is 42.8 Å². The number of methoxy groups -OCH3 is 1. The Morgan fingerprint density at radius 2 is 1.65 bits per heavy atom. The highest BCUT2D eigenvalue weighted by atomic mass is 16.7. The molecule has 0 saturated carbocycles. The van der Waals surface area contributed by atoms with Crippen molar-refractivity contribution in [1.29, 1.82) is 0 Å². The number of rotatable bonds is 4. The van der Waals surface area contributed by atoms with E-state index in [1.165, 1.54) is 4.90 Å². The highest BCUT2D eigenvalue weighted by Gasteiger charge is 2.59. The van der Waals surface area contributed by atoms with Crippen LogP contribution >= 0.6 is 0 Å². The Kier molecular flexibility index (Phi) is 4.12. The van der Waals surface area contributed by atoms with Crippen LogP contribution in [0.4, 0.5) is 11.4 Å². The molecule has 0 unspecified atom stereocenters. The maximum atomic E-state index is 13.1. The molecule has 2 fully saturated rings. The summed E-state index contributed by atoms with van der Waals surface area (Å²) in [5.74, 6) is -0.363. The van der Waals surface area contributed by atoms with Crippen LogP contribution in [-0.4, -0.2) is 31.1 Å². The van der Waals surface area contributed by atoms with E-state index in [1.807, 2.05) is 37.3 Å². The first-order valence-electron chi connectivity index (χ1n) is 8.68. The lowest BCUT2D eigenvalue weighted by Gasteiger charge is -2.27. The van der Waals surface area contributed by atoms with Crippen molar-refractivity contribution >= 4 is 23.2 Å². The van der Waals surface area contributed by atoms with Gasteiger partial charge < -0.3 is 4.74 Å². The lowest BCUT2D eigenvalue weighted by atomic mass is 9.94. The second-order valence-corrected chi connectivity index (χ2v) is 6.40. The number of anilines is 2. The van der Waals surface area contributed by atoms with E-state index in [0.29, 0.717) is 17.9 Å². The summed E-state index contributed by atoms with van der Waals surface area (Å²) in [7, 11) is 1.57. The number of benzene rings is 2. The molecule has 0 aromatic heterocycles. The first-order valence-corrected chi connectivity index (χ1v) is 8.68. The zero-order valence-corrected chi connectivity index (χ0v) is 14.7. The number of carbonyl (C=O) groups is 2. The smallest absolute Gasteiger partial charge is 0.266 e. The minimum atomic E-state index is -0.783. The van der Waals surface area contributed by atoms with Crippen LogP contribution in [0.1, 0.15) is 13.3 Å². The third-order valence-electron chi connectivity index (χ3n) is 5.00. The van der Waals surface area contributed by atoms with Gasteiger partial charge in [-0.15, -0.1) is 0 Å². The summed E-state index contributed by atoms with van der Waals surface area (Å²) in [6.45, 7) is 2.00. The first kappa shape index (κ1) is 16.6. The van der Waals surface area contributed by atoms with Crippen LogP contribution in [0.25, 0.3) is 0 Å². The van der Waals surface area contributed by atoms with E-state index in [1.54, 1.807) is 36.4 Å². The van der Waals surface area contributed by atoms with E-state index in [9.17, 15) is 9.59 Å². The van der Waals surface area contributed by atoms with Crippen molar-refractivity contribution in [1.82, 2.24) is 0 Å². The number of ether oxygens (including phenoxy) is 1. The van der Waals surface area contributed by atoms with Crippen LogP contribution in [-0.2, 0) is 14.4 Å².